The summed E-state index contributed by atoms with van der Waals surface area (Å²) in [6.45, 7) is 1.85. The number of nitrogens with one attached hydrogen (secondary N) is 1. The number of hydrogen-bond donors (Lipinski definition) is 3. The van der Waals surface area contributed by atoms with Crippen molar-refractivity contribution in [1.82, 2.24) is 5.32 Å². The first-order valence-corrected chi connectivity index (χ1v) is 6.98. The molecule has 0 amide bonds. The second kappa shape index (κ2) is 10.0. The molecule has 0 saturated heterocycles. The van der Waals surface area contributed by atoms with Crippen molar-refractivity contribution in [3.8, 4) is 5.75 Å². The number of halogens is 1. The molecule has 1 rings (SSSR count). The van der Waals surface area contributed by atoms with E-state index in [0.717, 1.165) is 25.8 Å². The molecule has 0 bridgehead atoms. The lowest BCUT2D eigenvalue weighted by atomic mass is 10.2. The SMILES string of the molecule is OCCCCCNCC(O)COc1ccc(Cl)cc1. The highest BCUT2D eigenvalue weighted by atomic mass is 35.5. The molecule has 0 spiro atoms. The molecule has 1 unspecified atom stereocenters. The summed E-state index contributed by atoms with van der Waals surface area (Å²) in [5, 5.41) is 22.2. The molecule has 0 heterocycles. The molecule has 0 aliphatic rings. The van der Waals surface area contributed by atoms with E-state index >= 15 is 0 Å². The van der Waals surface area contributed by atoms with Crippen molar-refractivity contribution in [3.63, 3.8) is 0 Å². The van der Waals surface area contributed by atoms with Gasteiger partial charge in [-0.1, -0.05) is 11.6 Å². The van der Waals surface area contributed by atoms with E-state index in [1.165, 1.54) is 0 Å². The minimum absolute atomic E-state index is 0.248. The van der Waals surface area contributed by atoms with Crippen LogP contribution in [0.3, 0.4) is 0 Å². The molecule has 0 aliphatic carbocycles. The highest BCUT2D eigenvalue weighted by Crippen LogP contribution is 2.15. The van der Waals surface area contributed by atoms with Crippen LogP contribution in [0.15, 0.2) is 24.3 Å². The molecule has 0 saturated carbocycles. The van der Waals surface area contributed by atoms with Crippen LogP contribution in [0, 0.1) is 0 Å². The fraction of sp³-hybridized carbons (Fsp3) is 0.571. The van der Waals surface area contributed by atoms with Crippen molar-refractivity contribution in [2.45, 2.75) is 25.4 Å². The fourth-order valence-electron chi connectivity index (χ4n) is 1.59. The molecule has 4 nitrogen and oxygen atoms in total. The number of hydrogen-bond acceptors (Lipinski definition) is 4. The number of aliphatic hydroxyl groups is 2. The second-order valence-electron chi connectivity index (χ2n) is 4.41. The third-order valence-corrected chi connectivity index (χ3v) is 2.90. The Morgan fingerprint density at radius 1 is 1.16 bits per heavy atom. The van der Waals surface area contributed by atoms with Gasteiger partial charge in [-0.15, -0.1) is 0 Å². The highest BCUT2D eigenvalue weighted by Gasteiger charge is 2.04. The van der Waals surface area contributed by atoms with E-state index < -0.39 is 6.10 Å². The van der Waals surface area contributed by atoms with Crippen molar-refractivity contribution in [2.75, 3.05) is 26.3 Å². The molecule has 19 heavy (non-hydrogen) atoms. The van der Waals surface area contributed by atoms with Crippen molar-refractivity contribution >= 4 is 11.6 Å². The Morgan fingerprint density at radius 2 is 1.89 bits per heavy atom. The third kappa shape index (κ3) is 8.06. The van der Waals surface area contributed by atoms with Crippen molar-refractivity contribution in [2.24, 2.45) is 0 Å². The van der Waals surface area contributed by atoms with Crippen molar-refractivity contribution in [1.29, 1.82) is 0 Å². The third-order valence-electron chi connectivity index (χ3n) is 2.65. The predicted octanol–water partition coefficient (Wildman–Crippen LogP) is 1.83. The first-order valence-electron chi connectivity index (χ1n) is 6.60. The van der Waals surface area contributed by atoms with E-state index in [9.17, 15) is 5.11 Å². The molecule has 0 aromatic heterocycles. The first-order chi connectivity index (χ1) is 9.22. The summed E-state index contributed by atoms with van der Waals surface area (Å²) < 4.78 is 5.44. The van der Waals surface area contributed by atoms with Gasteiger partial charge in [0.25, 0.3) is 0 Å². The first kappa shape index (κ1) is 16.2. The van der Waals surface area contributed by atoms with Gasteiger partial charge in [0.1, 0.15) is 18.5 Å². The molecule has 1 aromatic carbocycles. The maximum atomic E-state index is 9.71. The highest BCUT2D eigenvalue weighted by molar-refractivity contribution is 6.30. The van der Waals surface area contributed by atoms with E-state index in [4.69, 9.17) is 21.4 Å². The van der Waals surface area contributed by atoms with Crippen LogP contribution < -0.4 is 10.1 Å². The van der Waals surface area contributed by atoms with Crippen LogP contribution in [0.1, 0.15) is 19.3 Å². The number of unbranched alkanes of at least 4 members (excludes halogenated alkanes) is 2. The summed E-state index contributed by atoms with van der Waals surface area (Å²) in [5.41, 5.74) is 0. The van der Waals surface area contributed by atoms with E-state index in [0.29, 0.717) is 17.3 Å². The maximum absolute atomic E-state index is 9.71. The standard InChI is InChI=1S/C14H22ClNO3/c15-12-4-6-14(7-5-12)19-11-13(18)10-16-8-2-1-3-9-17/h4-7,13,16-18H,1-3,8-11H2. The van der Waals surface area contributed by atoms with E-state index in [-0.39, 0.29) is 13.2 Å². The Hall–Kier alpha value is -0.810. The van der Waals surface area contributed by atoms with Crippen LogP contribution in [0.4, 0.5) is 0 Å². The van der Waals surface area contributed by atoms with Crippen molar-refractivity contribution < 1.29 is 14.9 Å². The predicted molar refractivity (Wildman–Crippen MR) is 76.8 cm³/mol. The zero-order valence-corrected chi connectivity index (χ0v) is 11.8. The second-order valence-corrected chi connectivity index (χ2v) is 4.84. The van der Waals surface area contributed by atoms with Gasteiger partial charge in [-0.05, 0) is 50.1 Å². The molecule has 0 fully saturated rings. The molecule has 5 heteroatoms. The largest absolute Gasteiger partial charge is 0.491 e. The molecule has 108 valence electrons. The van der Waals surface area contributed by atoms with E-state index in [1.807, 2.05) is 0 Å². The van der Waals surface area contributed by atoms with Gasteiger partial charge in [0, 0.05) is 18.2 Å². The van der Waals surface area contributed by atoms with Crippen LogP contribution in [0.5, 0.6) is 5.75 Å². The Labute approximate surface area is 119 Å². The van der Waals surface area contributed by atoms with Gasteiger partial charge in [0.15, 0.2) is 0 Å². The summed E-state index contributed by atoms with van der Waals surface area (Å²) in [7, 11) is 0. The Bertz CT molecular complexity index is 332. The molecule has 0 radical (unpaired) electrons. The molecular weight excluding hydrogens is 266 g/mol. The van der Waals surface area contributed by atoms with Gasteiger partial charge in [0.2, 0.25) is 0 Å². The van der Waals surface area contributed by atoms with Crippen LogP contribution in [-0.2, 0) is 0 Å². The summed E-state index contributed by atoms with van der Waals surface area (Å²) in [5.74, 6) is 0.700. The van der Waals surface area contributed by atoms with Crippen LogP contribution in [-0.4, -0.2) is 42.6 Å². The zero-order valence-electron chi connectivity index (χ0n) is 11.0. The topological polar surface area (TPSA) is 61.7 Å². The van der Waals surface area contributed by atoms with Crippen LogP contribution in [0.2, 0.25) is 5.02 Å². The van der Waals surface area contributed by atoms with Crippen LogP contribution >= 0.6 is 11.6 Å². The number of aliphatic hydroxyl groups excluding tert-OH is 2. The van der Waals surface area contributed by atoms with Gasteiger partial charge >= 0.3 is 0 Å². The number of rotatable bonds is 10. The van der Waals surface area contributed by atoms with Gasteiger partial charge in [-0.3, -0.25) is 0 Å². The summed E-state index contributed by atoms with van der Waals surface area (Å²) >= 11 is 5.76. The lowest BCUT2D eigenvalue weighted by molar-refractivity contribution is 0.106. The lowest BCUT2D eigenvalue weighted by Gasteiger charge is -2.13. The monoisotopic (exact) mass is 287 g/mol. The van der Waals surface area contributed by atoms with Gasteiger partial charge in [0.05, 0.1) is 0 Å². The Balaban J connectivity index is 2.04. The smallest absolute Gasteiger partial charge is 0.119 e. The summed E-state index contributed by atoms with van der Waals surface area (Å²) in [6.07, 6.45) is 2.31. The average Bonchev–Trinajstić information content (AvgIpc) is 2.42. The average molecular weight is 288 g/mol. The van der Waals surface area contributed by atoms with E-state index in [1.54, 1.807) is 24.3 Å². The van der Waals surface area contributed by atoms with Crippen LogP contribution in [0.25, 0.3) is 0 Å². The summed E-state index contributed by atoms with van der Waals surface area (Å²) in [4.78, 5) is 0. The Kier molecular flexibility index (Phi) is 8.58. The fourth-order valence-corrected chi connectivity index (χ4v) is 1.72. The van der Waals surface area contributed by atoms with E-state index in [2.05, 4.69) is 5.32 Å². The number of benzene rings is 1. The molecule has 1 aromatic rings. The maximum Gasteiger partial charge on any atom is 0.119 e. The number of ether oxygens (including phenoxy) is 1. The minimum atomic E-state index is -0.534. The molecule has 1 atom stereocenters. The van der Waals surface area contributed by atoms with Gasteiger partial charge in [-0.2, -0.15) is 0 Å². The molecule has 3 N–H and O–H groups in total. The zero-order chi connectivity index (χ0) is 13.9. The van der Waals surface area contributed by atoms with Gasteiger partial charge < -0.3 is 20.3 Å². The van der Waals surface area contributed by atoms with Crippen molar-refractivity contribution in [3.05, 3.63) is 29.3 Å². The van der Waals surface area contributed by atoms with Gasteiger partial charge in [-0.25, -0.2) is 0 Å². The summed E-state index contributed by atoms with van der Waals surface area (Å²) in [6, 6.07) is 7.06. The lowest BCUT2D eigenvalue weighted by Crippen LogP contribution is -2.32. The Morgan fingerprint density at radius 3 is 2.58 bits per heavy atom. The normalized spacial score (nSPS) is 12.4. The quantitative estimate of drug-likeness (QED) is 0.575. The molecule has 0 aliphatic heterocycles. The minimum Gasteiger partial charge on any atom is -0.491 e. The molecular formula is C14H22ClNO3.